The Labute approximate surface area is 120 Å². The minimum atomic E-state index is 0.896. The van der Waals surface area contributed by atoms with Crippen molar-refractivity contribution in [3.8, 4) is 0 Å². The van der Waals surface area contributed by atoms with Crippen molar-refractivity contribution < 1.29 is 4.42 Å². The summed E-state index contributed by atoms with van der Waals surface area (Å²) in [5, 5.41) is 3.33. The van der Waals surface area contributed by atoms with Crippen LogP contribution < -0.4 is 5.32 Å². The van der Waals surface area contributed by atoms with Gasteiger partial charge in [0.15, 0.2) is 0 Å². The summed E-state index contributed by atoms with van der Waals surface area (Å²) in [6.45, 7) is 5.97. The second kappa shape index (κ2) is 6.45. The highest BCUT2D eigenvalue weighted by Crippen LogP contribution is 2.33. The van der Waals surface area contributed by atoms with Crippen molar-refractivity contribution in [2.45, 2.75) is 30.2 Å². The van der Waals surface area contributed by atoms with Crippen LogP contribution in [0.15, 0.2) is 49.2 Å². The van der Waals surface area contributed by atoms with E-state index in [9.17, 15) is 0 Å². The first-order chi connectivity index (χ1) is 8.70. The highest BCUT2D eigenvalue weighted by atomic mass is 79.9. The fraction of sp³-hybridized carbons (Fsp3) is 0.286. The van der Waals surface area contributed by atoms with Crippen molar-refractivity contribution in [3.05, 3.63) is 46.3 Å². The topological polar surface area (TPSA) is 25.2 Å². The molecule has 0 unspecified atom stereocenters. The number of furan rings is 1. The number of hydrogen-bond acceptors (Lipinski definition) is 3. The van der Waals surface area contributed by atoms with Gasteiger partial charge < -0.3 is 9.73 Å². The predicted octanol–water partition coefficient (Wildman–Crippen LogP) is 4.61. The third kappa shape index (κ3) is 3.40. The van der Waals surface area contributed by atoms with Gasteiger partial charge in [0.05, 0.1) is 11.2 Å². The number of halogens is 1. The SMILES string of the molecule is CCNCc1ccc(Sc2ccoc2C)cc1Br. The Morgan fingerprint density at radius 1 is 1.33 bits per heavy atom. The van der Waals surface area contributed by atoms with Crippen molar-refractivity contribution in [3.63, 3.8) is 0 Å². The van der Waals surface area contributed by atoms with E-state index in [4.69, 9.17) is 4.42 Å². The Hall–Kier alpha value is -0.710. The molecule has 1 aromatic heterocycles. The molecular weight excluding hydrogens is 310 g/mol. The fourth-order valence-corrected chi connectivity index (χ4v) is 3.15. The lowest BCUT2D eigenvalue weighted by molar-refractivity contribution is 0.527. The van der Waals surface area contributed by atoms with Crippen molar-refractivity contribution in [2.24, 2.45) is 0 Å². The van der Waals surface area contributed by atoms with Gasteiger partial charge in [0.2, 0.25) is 0 Å². The number of hydrogen-bond donors (Lipinski definition) is 1. The van der Waals surface area contributed by atoms with Crippen molar-refractivity contribution >= 4 is 27.7 Å². The summed E-state index contributed by atoms with van der Waals surface area (Å²) in [5.74, 6) is 0.966. The van der Waals surface area contributed by atoms with Crippen molar-refractivity contribution in [2.75, 3.05) is 6.54 Å². The third-order valence-electron chi connectivity index (χ3n) is 2.63. The molecule has 96 valence electrons. The van der Waals surface area contributed by atoms with Gasteiger partial charge in [-0.1, -0.05) is 40.7 Å². The Balaban J connectivity index is 2.11. The molecule has 1 N–H and O–H groups in total. The summed E-state index contributed by atoms with van der Waals surface area (Å²) >= 11 is 5.35. The highest BCUT2D eigenvalue weighted by molar-refractivity contribution is 9.10. The number of benzene rings is 1. The van der Waals surface area contributed by atoms with Gasteiger partial charge >= 0.3 is 0 Å². The predicted molar refractivity (Wildman–Crippen MR) is 79.1 cm³/mol. The van der Waals surface area contributed by atoms with Crippen LogP contribution in [0.3, 0.4) is 0 Å². The van der Waals surface area contributed by atoms with Gasteiger partial charge in [0.25, 0.3) is 0 Å². The van der Waals surface area contributed by atoms with E-state index in [1.807, 2.05) is 13.0 Å². The molecular formula is C14H16BrNOS. The largest absolute Gasteiger partial charge is 0.468 e. The van der Waals surface area contributed by atoms with Crippen LogP contribution in [0.1, 0.15) is 18.2 Å². The second-order valence-corrected chi connectivity index (χ2v) is 5.95. The average Bonchev–Trinajstić information content (AvgIpc) is 2.74. The molecule has 0 aliphatic rings. The molecule has 0 spiro atoms. The molecule has 0 aliphatic carbocycles. The van der Waals surface area contributed by atoms with E-state index in [1.54, 1.807) is 18.0 Å². The number of rotatable bonds is 5. The van der Waals surface area contributed by atoms with Crippen LogP contribution in [0.2, 0.25) is 0 Å². The molecule has 0 saturated heterocycles. The Morgan fingerprint density at radius 3 is 2.78 bits per heavy atom. The van der Waals surface area contributed by atoms with Gasteiger partial charge in [-0.3, -0.25) is 0 Å². The normalized spacial score (nSPS) is 10.8. The van der Waals surface area contributed by atoms with Crippen LogP contribution in [0.4, 0.5) is 0 Å². The van der Waals surface area contributed by atoms with Crippen LogP contribution in [0.5, 0.6) is 0 Å². The summed E-state index contributed by atoms with van der Waals surface area (Å²) < 4.78 is 6.45. The zero-order valence-electron chi connectivity index (χ0n) is 10.5. The Kier molecular flexibility index (Phi) is 4.92. The molecule has 2 aromatic rings. The van der Waals surface area contributed by atoms with Gasteiger partial charge in [-0.15, -0.1) is 0 Å². The van der Waals surface area contributed by atoms with Gasteiger partial charge in [-0.2, -0.15) is 0 Å². The smallest absolute Gasteiger partial charge is 0.114 e. The summed E-state index contributed by atoms with van der Waals surface area (Å²) in [6, 6.07) is 8.46. The summed E-state index contributed by atoms with van der Waals surface area (Å²) in [6.07, 6.45) is 1.73. The molecule has 0 atom stereocenters. The maximum absolute atomic E-state index is 5.30. The zero-order valence-corrected chi connectivity index (χ0v) is 12.9. The lowest BCUT2D eigenvalue weighted by Gasteiger charge is -2.07. The van der Waals surface area contributed by atoms with Gasteiger partial charge in [-0.25, -0.2) is 0 Å². The van der Waals surface area contributed by atoms with Crippen molar-refractivity contribution in [1.29, 1.82) is 0 Å². The molecule has 2 nitrogen and oxygen atoms in total. The molecule has 0 bridgehead atoms. The van der Waals surface area contributed by atoms with Gasteiger partial charge in [0.1, 0.15) is 5.76 Å². The highest BCUT2D eigenvalue weighted by Gasteiger charge is 2.06. The molecule has 0 fully saturated rings. The molecule has 0 radical (unpaired) electrons. The first-order valence-electron chi connectivity index (χ1n) is 5.91. The van der Waals surface area contributed by atoms with E-state index >= 15 is 0 Å². The molecule has 18 heavy (non-hydrogen) atoms. The minimum Gasteiger partial charge on any atom is -0.468 e. The molecule has 2 rings (SSSR count). The average molecular weight is 326 g/mol. The van der Waals surface area contributed by atoms with Gasteiger partial charge in [-0.05, 0) is 37.2 Å². The third-order valence-corrected chi connectivity index (χ3v) is 4.50. The summed E-state index contributed by atoms with van der Waals surface area (Å²) in [4.78, 5) is 2.38. The Bertz CT molecular complexity index is 524. The van der Waals surface area contributed by atoms with E-state index in [0.717, 1.165) is 23.3 Å². The maximum Gasteiger partial charge on any atom is 0.114 e. The van der Waals surface area contributed by atoms with E-state index in [0.29, 0.717) is 0 Å². The first-order valence-corrected chi connectivity index (χ1v) is 7.52. The standard InChI is InChI=1S/C14H16BrNOS/c1-3-16-9-11-4-5-12(8-13(11)15)18-14-6-7-17-10(14)2/h4-8,16H,3,9H2,1-2H3. The van der Waals surface area contributed by atoms with Crippen LogP contribution in [0.25, 0.3) is 0 Å². The summed E-state index contributed by atoms with van der Waals surface area (Å²) in [5.41, 5.74) is 1.28. The fourth-order valence-electron chi connectivity index (χ4n) is 1.60. The van der Waals surface area contributed by atoms with Crippen molar-refractivity contribution in [1.82, 2.24) is 5.32 Å². The lowest BCUT2D eigenvalue weighted by Crippen LogP contribution is -2.11. The number of aryl methyl sites for hydroxylation is 1. The number of nitrogens with one attached hydrogen (secondary N) is 1. The molecule has 0 saturated carbocycles. The van der Waals surface area contributed by atoms with E-state index in [-0.39, 0.29) is 0 Å². The van der Waals surface area contributed by atoms with E-state index < -0.39 is 0 Å². The zero-order chi connectivity index (χ0) is 13.0. The maximum atomic E-state index is 5.30. The second-order valence-electron chi connectivity index (χ2n) is 3.98. The molecule has 1 heterocycles. The monoisotopic (exact) mass is 325 g/mol. The molecule has 1 aromatic carbocycles. The molecule has 0 amide bonds. The lowest BCUT2D eigenvalue weighted by atomic mass is 10.2. The van der Waals surface area contributed by atoms with E-state index in [2.05, 4.69) is 46.4 Å². The Morgan fingerprint density at radius 2 is 2.17 bits per heavy atom. The van der Waals surface area contributed by atoms with Crippen LogP contribution in [-0.2, 0) is 6.54 Å². The molecule has 4 heteroatoms. The first kappa shape index (κ1) is 13.7. The minimum absolute atomic E-state index is 0.896. The van der Waals surface area contributed by atoms with Crippen LogP contribution in [-0.4, -0.2) is 6.54 Å². The van der Waals surface area contributed by atoms with E-state index in [1.165, 1.54) is 15.4 Å². The van der Waals surface area contributed by atoms with Gasteiger partial charge in [0, 0.05) is 15.9 Å². The molecule has 0 aliphatic heterocycles. The summed E-state index contributed by atoms with van der Waals surface area (Å²) in [7, 11) is 0. The van der Waals surface area contributed by atoms with Crippen LogP contribution >= 0.6 is 27.7 Å². The van der Waals surface area contributed by atoms with Crippen LogP contribution in [0, 0.1) is 6.92 Å². The quantitative estimate of drug-likeness (QED) is 0.868.